The molecule has 148 valence electrons. The van der Waals surface area contributed by atoms with Crippen molar-refractivity contribution in [2.24, 2.45) is 0 Å². The SMILES string of the molecule is COc1ccc(CCCNC(=O)c2ccc(-c3cccc4c3OCC4)nc2)cc1. The molecule has 1 amide bonds. The van der Waals surface area contributed by atoms with Crippen molar-refractivity contribution in [2.45, 2.75) is 19.3 Å². The number of nitrogens with one attached hydrogen (secondary N) is 1. The van der Waals surface area contributed by atoms with E-state index < -0.39 is 0 Å². The highest BCUT2D eigenvalue weighted by molar-refractivity contribution is 5.94. The Hall–Kier alpha value is -3.34. The van der Waals surface area contributed by atoms with Crippen molar-refractivity contribution in [1.82, 2.24) is 10.3 Å². The van der Waals surface area contributed by atoms with E-state index in [0.717, 1.165) is 42.0 Å². The van der Waals surface area contributed by atoms with Crippen LogP contribution in [0.2, 0.25) is 0 Å². The van der Waals surface area contributed by atoms with E-state index in [1.54, 1.807) is 13.3 Å². The highest BCUT2D eigenvalue weighted by Gasteiger charge is 2.17. The van der Waals surface area contributed by atoms with Crippen LogP contribution in [-0.2, 0) is 12.8 Å². The summed E-state index contributed by atoms with van der Waals surface area (Å²) in [7, 11) is 1.66. The largest absolute Gasteiger partial charge is 0.497 e. The molecule has 1 N–H and O–H groups in total. The number of benzene rings is 2. The molecule has 0 aliphatic carbocycles. The fourth-order valence-corrected chi connectivity index (χ4v) is 3.49. The van der Waals surface area contributed by atoms with Gasteiger partial charge in [0.2, 0.25) is 0 Å². The average Bonchev–Trinajstić information content (AvgIpc) is 3.26. The Kier molecular flexibility index (Phi) is 5.75. The molecular weight excluding hydrogens is 364 g/mol. The van der Waals surface area contributed by atoms with Gasteiger partial charge in [-0.05, 0) is 54.3 Å². The first-order valence-electron chi connectivity index (χ1n) is 9.87. The zero-order valence-corrected chi connectivity index (χ0v) is 16.5. The fourth-order valence-electron chi connectivity index (χ4n) is 3.49. The third kappa shape index (κ3) is 4.40. The lowest BCUT2D eigenvalue weighted by atomic mass is 10.0. The first kappa shape index (κ1) is 19.0. The molecule has 5 nitrogen and oxygen atoms in total. The van der Waals surface area contributed by atoms with Gasteiger partial charge in [-0.1, -0.05) is 24.3 Å². The van der Waals surface area contributed by atoms with Gasteiger partial charge in [0.25, 0.3) is 5.91 Å². The van der Waals surface area contributed by atoms with Crippen LogP contribution in [0.3, 0.4) is 0 Å². The molecule has 0 unspecified atom stereocenters. The maximum absolute atomic E-state index is 12.4. The second-order valence-electron chi connectivity index (χ2n) is 7.03. The maximum Gasteiger partial charge on any atom is 0.252 e. The summed E-state index contributed by atoms with van der Waals surface area (Å²) in [4.78, 5) is 16.9. The predicted octanol–water partition coefficient (Wildman–Crippen LogP) is 4.05. The van der Waals surface area contributed by atoms with Crippen LogP contribution in [0.4, 0.5) is 0 Å². The molecule has 2 aromatic carbocycles. The molecule has 2 heterocycles. The Morgan fingerprint density at radius 3 is 2.76 bits per heavy atom. The highest BCUT2D eigenvalue weighted by atomic mass is 16.5. The predicted molar refractivity (Wildman–Crippen MR) is 113 cm³/mol. The molecule has 29 heavy (non-hydrogen) atoms. The van der Waals surface area contributed by atoms with Crippen LogP contribution in [0, 0.1) is 0 Å². The topological polar surface area (TPSA) is 60.5 Å². The van der Waals surface area contributed by atoms with E-state index in [0.29, 0.717) is 18.7 Å². The van der Waals surface area contributed by atoms with E-state index in [-0.39, 0.29) is 5.91 Å². The Morgan fingerprint density at radius 1 is 1.14 bits per heavy atom. The van der Waals surface area contributed by atoms with Gasteiger partial charge in [0.15, 0.2) is 0 Å². The average molecular weight is 388 g/mol. The van der Waals surface area contributed by atoms with Crippen LogP contribution >= 0.6 is 0 Å². The van der Waals surface area contributed by atoms with Crippen molar-refractivity contribution < 1.29 is 14.3 Å². The molecular formula is C24H24N2O3. The van der Waals surface area contributed by atoms with E-state index in [1.807, 2.05) is 48.5 Å². The number of hydrogen-bond acceptors (Lipinski definition) is 4. The number of hydrogen-bond donors (Lipinski definition) is 1. The summed E-state index contributed by atoms with van der Waals surface area (Å²) in [6, 6.07) is 17.8. The van der Waals surface area contributed by atoms with Crippen molar-refractivity contribution >= 4 is 5.91 Å². The number of carbonyl (C=O) groups excluding carboxylic acids is 1. The lowest BCUT2D eigenvalue weighted by Crippen LogP contribution is -2.24. The van der Waals surface area contributed by atoms with Crippen molar-refractivity contribution in [2.75, 3.05) is 20.3 Å². The minimum atomic E-state index is -0.103. The number of aryl methyl sites for hydroxylation is 1. The number of amides is 1. The Balaban J connectivity index is 1.31. The Labute approximate surface area is 170 Å². The zero-order valence-electron chi connectivity index (χ0n) is 16.5. The Morgan fingerprint density at radius 2 is 2.00 bits per heavy atom. The van der Waals surface area contributed by atoms with E-state index in [2.05, 4.69) is 16.4 Å². The van der Waals surface area contributed by atoms with Gasteiger partial charge in [-0.25, -0.2) is 0 Å². The van der Waals surface area contributed by atoms with Gasteiger partial charge >= 0.3 is 0 Å². The summed E-state index contributed by atoms with van der Waals surface area (Å²) in [5, 5.41) is 2.96. The molecule has 0 radical (unpaired) electrons. The number of para-hydroxylation sites is 1. The number of fused-ring (bicyclic) bond motifs is 1. The monoisotopic (exact) mass is 388 g/mol. The molecule has 0 saturated carbocycles. The van der Waals surface area contributed by atoms with E-state index in [4.69, 9.17) is 9.47 Å². The van der Waals surface area contributed by atoms with Crippen LogP contribution in [0.25, 0.3) is 11.3 Å². The molecule has 0 atom stereocenters. The molecule has 1 aromatic heterocycles. The molecule has 1 aliphatic heterocycles. The summed E-state index contributed by atoms with van der Waals surface area (Å²) in [6.07, 6.45) is 4.33. The van der Waals surface area contributed by atoms with Crippen LogP contribution in [0.15, 0.2) is 60.8 Å². The molecule has 0 bridgehead atoms. The molecule has 1 aliphatic rings. The summed E-state index contributed by atoms with van der Waals surface area (Å²) in [5.41, 5.74) is 4.80. The third-order valence-electron chi connectivity index (χ3n) is 5.10. The number of aromatic nitrogens is 1. The number of nitrogens with zero attached hydrogens (tertiary/aromatic N) is 1. The Bertz CT molecular complexity index is 982. The standard InChI is InChI=1S/C24H24N2O3/c1-28-20-10-7-17(8-11-20)4-3-14-25-24(27)19-9-12-22(26-16-19)21-6-2-5-18-13-15-29-23(18)21/h2,5-12,16H,3-4,13-15H2,1H3,(H,25,27). The van der Waals surface area contributed by atoms with Crippen LogP contribution in [-0.4, -0.2) is 31.2 Å². The summed E-state index contributed by atoms with van der Waals surface area (Å²) in [6.45, 7) is 1.33. The highest BCUT2D eigenvalue weighted by Crippen LogP contribution is 2.35. The zero-order chi connectivity index (χ0) is 20.1. The second-order valence-corrected chi connectivity index (χ2v) is 7.03. The van der Waals surface area contributed by atoms with Gasteiger partial charge in [-0.2, -0.15) is 0 Å². The lowest BCUT2D eigenvalue weighted by molar-refractivity contribution is 0.0953. The summed E-state index contributed by atoms with van der Waals surface area (Å²) < 4.78 is 10.9. The molecule has 4 rings (SSSR count). The van der Waals surface area contributed by atoms with Crippen molar-refractivity contribution in [3.63, 3.8) is 0 Å². The van der Waals surface area contributed by atoms with Gasteiger partial charge in [0, 0.05) is 24.7 Å². The van der Waals surface area contributed by atoms with Crippen LogP contribution in [0.5, 0.6) is 11.5 Å². The van der Waals surface area contributed by atoms with E-state index in [1.165, 1.54) is 11.1 Å². The molecule has 3 aromatic rings. The molecule has 0 spiro atoms. The van der Waals surface area contributed by atoms with Crippen molar-refractivity contribution in [3.8, 4) is 22.8 Å². The normalized spacial score (nSPS) is 12.2. The summed E-state index contributed by atoms with van der Waals surface area (Å²) >= 11 is 0. The van der Waals surface area contributed by atoms with Crippen LogP contribution < -0.4 is 14.8 Å². The van der Waals surface area contributed by atoms with Gasteiger partial charge in [-0.3, -0.25) is 9.78 Å². The van der Waals surface area contributed by atoms with Crippen molar-refractivity contribution in [1.29, 1.82) is 0 Å². The van der Waals surface area contributed by atoms with Gasteiger partial charge in [-0.15, -0.1) is 0 Å². The minimum absolute atomic E-state index is 0.103. The minimum Gasteiger partial charge on any atom is -0.497 e. The summed E-state index contributed by atoms with van der Waals surface area (Å²) in [5.74, 6) is 1.66. The molecule has 0 fully saturated rings. The number of pyridine rings is 1. The number of ether oxygens (including phenoxy) is 2. The number of carbonyl (C=O) groups is 1. The van der Waals surface area contributed by atoms with E-state index >= 15 is 0 Å². The number of rotatable bonds is 7. The van der Waals surface area contributed by atoms with Gasteiger partial charge in [0.1, 0.15) is 11.5 Å². The van der Waals surface area contributed by atoms with Crippen molar-refractivity contribution in [3.05, 3.63) is 77.5 Å². The lowest BCUT2D eigenvalue weighted by Gasteiger charge is -2.09. The molecule has 0 saturated heterocycles. The maximum atomic E-state index is 12.4. The van der Waals surface area contributed by atoms with E-state index in [9.17, 15) is 4.79 Å². The first-order chi connectivity index (χ1) is 14.2. The van der Waals surface area contributed by atoms with Gasteiger partial charge < -0.3 is 14.8 Å². The first-order valence-corrected chi connectivity index (χ1v) is 9.87. The third-order valence-corrected chi connectivity index (χ3v) is 5.10. The smallest absolute Gasteiger partial charge is 0.252 e. The second kappa shape index (κ2) is 8.78. The quantitative estimate of drug-likeness (QED) is 0.620. The van der Waals surface area contributed by atoms with Crippen LogP contribution in [0.1, 0.15) is 27.9 Å². The van der Waals surface area contributed by atoms with Gasteiger partial charge in [0.05, 0.1) is 25.0 Å². The fraction of sp³-hybridized carbons (Fsp3) is 0.250. The molecule has 5 heteroatoms. The number of methoxy groups -OCH3 is 1.